The van der Waals surface area contributed by atoms with Crippen LogP contribution in [0.15, 0.2) is 58.9 Å². The molecular formula is C33H43N5O3S2. The van der Waals surface area contributed by atoms with Crippen molar-refractivity contribution < 1.29 is 14.4 Å². The van der Waals surface area contributed by atoms with Crippen molar-refractivity contribution in [3.63, 3.8) is 0 Å². The third kappa shape index (κ3) is 9.91. The Hall–Kier alpha value is -3.21. The molecule has 1 aliphatic heterocycles. The average molecular weight is 622 g/mol. The van der Waals surface area contributed by atoms with Gasteiger partial charge in [0.15, 0.2) is 5.13 Å². The number of nitrogens with one attached hydrogen (secondary N) is 2. The lowest BCUT2D eigenvalue weighted by atomic mass is 9.84. The molecule has 3 amide bonds. The van der Waals surface area contributed by atoms with E-state index < -0.39 is 0 Å². The Morgan fingerprint density at radius 3 is 2.35 bits per heavy atom. The largest absolute Gasteiger partial charge is 0.339 e. The molecule has 1 fully saturated rings. The van der Waals surface area contributed by atoms with Crippen molar-refractivity contribution in [2.75, 3.05) is 38.0 Å². The first-order valence-electron chi connectivity index (χ1n) is 14.8. The number of hydrogen-bond donors (Lipinski definition) is 2. The Morgan fingerprint density at radius 1 is 0.977 bits per heavy atom. The standard InChI is InChI=1S/C33H43N5O3S2/c1-23(2)18-33(4,5)22-34-19-25-9-11-27(12-10-25)30(40)36-32-35-20-29(43-32)42-21-26-7-6-8-28(17-26)31(41)38-15-13-37(14-16-38)24(3)39/h6-12,17,20,23,34H,13-16,18-19,21-22H2,1-5H3,(H,35,36,40). The number of nitrogens with zero attached hydrogens (tertiary/aromatic N) is 3. The molecule has 0 spiro atoms. The first kappa shape index (κ1) is 32.7. The monoisotopic (exact) mass is 621 g/mol. The van der Waals surface area contributed by atoms with E-state index in [9.17, 15) is 14.4 Å². The van der Waals surface area contributed by atoms with E-state index in [1.807, 2.05) is 53.4 Å². The maximum Gasteiger partial charge on any atom is 0.257 e. The number of rotatable bonds is 12. The van der Waals surface area contributed by atoms with Crippen LogP contribution in [0.2, 0.25) is 0 Å². The fourth-order valence-corrected chi connectivity index (χ4v) is 7.22. The molecule has 0 saturated carbocycles. The first-order chi connectivity index (χ1) is 20.5. The maximum absolute atomic E-state index is 13.0. The molecule has 43 heavy (non-hydrogen) atoms. The van der Waals surface area contributed by atoms with Gasteiger partial charge in [-0.25, -0.2) is 4.98 Å². The van der Waals surface area contributed by atoms with Crippen molar-refractivity contribution in [3.8, 4) is 0 Å². The minimum absolute atomic E-state index is 0.00674. The number of aromatic nitrogens is 1. The Balaban J connectivity index is 1.24. The van der Waals surface area contributed by atoms with Crippen molar-refractivity contribution in [1.82, 2.24) is 20.1 Å². The quantitative estimate of drug-likeness (QED) is 0.236. The van der Waals surface area contributed by atoms with Crippen LogP contribution in [0, 0.1) is 11.3 Å². The van der Waals surface area contributed by atoms with Crippen LogP contribution in [0.5, 0.6) is 0 Å². The fraction of sp³-hybridized carbons (Fsp3) is 0.455. The zero-order valence-electron chi connectivity index (χ0n) is 25.8. The van der Waals surface area contributed by atoms with Crippen molar-refractivity contribution >= 4 is 46.0 Å². The number of thiazole rings is 1. The summed E-state index contributed by atoms with van der Waals surface area (Å²) in [5, 5.41) is 7.02. The highest BCUT2D eigenvalue weighted by Crippen LogP contribution is 2.31. The molecule has 0 bridgehead atoms. The van der Waals surface area contributed by atoms with Crippen molar-refractivity contribution in [3.05, 3.63) is 77.0 Å². The summed E-state index contributed by atoms with van der Waals surface area (Å²) < 4.78 is 0.981. The van der Waals surface area contributed by atoms with Gasteiger partial charge in [0, 0.05) is 63.1 Å². The average Bonchev–Trinajstić information content (AvgIpc) is 3.42. The van der Waals surface area contributed by atoms with E-state index in [1.165, 1.54) is 17.8 Å². The number of piperazine rings is 1. The van der Waals surface area contributed by atoms with Gasteiger partial charge in [0.25, 0.3) is 11.8 Å². The smallest absolute Gasteiger partial charge is 0.257 e. The minimum atomic E-state index is -0.182. The Morgan fingerprint density at radius 2 is 1.67 bits per heavy atom. The van der Waals surface area contributed by atoms with Gasteiger partial charge in [-0.1, -0.05) is 63.3 Å². The van der Waals surface area contributed by atoms with E-state index in [1.54, 1.807) is 29.8 Å². The minimum Gasteiger partial charge on any atom is -0.339 e. The van der Waals surface area contributed by atoms with Gasteiger partial charge < -0.3 is 15.1 Å². The van der Waals surface area contributed by atoms with Gasteiger partial charge in [-0.3, -0.25) is 19.7 Å². The van der Waals surface area contributed by atoms with E-state index in [0.29, 0.717) is 54.1 Å². The van der Waals surface area contributed by atoms with E-state index in [4.69, 9.17) is 0 Å². The number of carbonyl (C=O) groups excluding carboxylic acids is 3. The molecule has 0 unspecified atom stereocenters. The summed E-state index contributed by atoms with van der Waals surface area (Å²) >= 11 is 3.05. The second-order valence-electron chi connectivity index (χ2n) is 12.3. The van der Waals surface area contributed by atoms with Gasteiger partial charge >= 0.3 is 0 Å². The molecule has 3 aromatic rings. The predicted octanol–water partition coefficient (Wildman–Crippen LogP) is 6.15. The lowest BCUT2D eigenvalue weighted by Crippen LogP contribution is -2.50. The van der Waals surface area contributed by atoms with Gasteiger partial charge in [0.1, 0.15) is 0 Å². The number of benzene rings is 2. The Kier molecular flexibility index (Phi) is 11.4. The molecule has 1 aliphatic rings. The summed E-state index contributed by atoms with van der Waals surface area (Å²) in [5.41, 5.74) is 3.68. The van der Waals surface area contributed by atoms with Gasteiger partial charge in [0.2, 0.25) is 5.91 Å². The highest BCUT2D eigenvalue weighted by atomic mass is 32.2. The molecule has 8 nitrogen and oxygen atoms in total. The SMILES string of the molecule is CC(=O)N1CCN(C(=O)c2cccc(CSc3cnc(NC(=O)c4ccc(CNCC(C)(C)CC(C)C)cc4)s3)c2)CC1. The van der Waals surface area contributed by atoms with E-state index in [2.05, 4.69) is 43.3 Å². The number of carbonyl (C=O) groups is 3. The van der Waals surface area contributed by atoms with Crippen LogP contribution < -0.4 is 10.6 Å². The summed E-state index contributed by atoms with van der Waals surface area (Å²) in [6, 6.07) is 15.4. The summed E-state index contributed by atoms with van der Waals surface area (Å²) in [4.78, 5) is 45.4. The number of hydrogen-bond acceptors (Lipinski definition) is 7. The van der Waals surface area contributed by atoms with Crippen LogP contribution in [0.4, 0.5) is 5.13 Å². The third-order valence-electron chi connectivity index (χ3n) is 7.38. The molecule has 2 heterocycles. The van der Waals surface area contributed by atoms with Crippen LogP contribution >= 0.6 is 23.1 Å². The van der Waals surface area contributed by atoms with Crippen LogP contribution in [-0.4, -0.2) is 65.2 Å². The van der Waals surface area contributed by atoms with Gasteiger partial charge in [0.05, 0.1) is 10.4 Å². The third-order valence-corrected chi connectivity index (χ3v) is 9.56. The molecule has 1 saturated heterocycles. The summed E-state index contributed by atoms with van der Waals surface area (Å²) in [6.07, 6.45) is 2.94. The van der Waals surface area contributed by atoms with E-state index >= 15 is 0 Å². The summed E-state index contributed by atoms with van der Waals surface area (Å²) in [5.74, 6) is 1.21. The maximum atomic E-state index is 13.0. The lowest BCUT2D eigenvalue weighted by molar-refractivity contribution is -0.130. The van der Waals surface area contributed by atoms with Crippen molar-refractivity contribution in [2.45, 2.75) is 57.5 Å². The Labute approximate surface area is 263 Å². The summed E-state index contributed by atoms with van der Waals surface area (Å²) in [6.45, 7) is 14.6. The van der Waals surface area contributed by atoms with Crippen molar-refractivity contribution in [1.29, 1.82) is 0 Å². The van der Waals surface area contributed by atoms with Crippen LogP contribution in [-0.2, 0) is 17.1 Å². The molecule has 0 atom stereocenters. The van der Waals surface area contributed by atoms with E-state index in [-0.39, 0.29) is 23.1 Å². The van der Waals surface area contributed by atoms with Crippen LogP contribution in [0.3, 0.4) is 0 Å². The molecule has 0 radical (unpaired) electrons. The van der Waals surface area contributed by atoms with Gasteiger partial charge in [-0.2, -0.15) is 0 Å². The fourth-order valence-electron chi connectivity index (χ4n) is 5.41. The molecule has 4 rings (SSSR count). The first-order valence-corrected chi connectivity index (χ1v) is 16.6. The second kappa shape index (κ2) is 15.0. The lowest BCUT2D eigenvalue weighted by Gasteiger charge is -2.34. The Bertz CT molecular complexity index is 1400. The van der Waals surface area contributed by atoms with Gasteiger partial charge in [-0.05, 0) is 53.1 Å². The van der Waals surface area contributed by atoms with E-state index in [0.717, 1.165) is 28.4 Å². The second-order valence-corrected chi connectivity index (χ2v) is 14.6. The highest BCUT2D eigenvalue weighted by molar-refractivity contribution is 8.00. The number of anilines is 1. The van der Waals surface area contributed by atoms with Gasteiger partial charge in [-0.15, -0.1) is 11.8 Å². The topological polar surface area (TPSA) is 94.6 Å². The molecule has 1 aromatic heterocycles. The summed E-state index contributed by atoms with van der Waals surface area (Å²) in [7, 11) is 0. The predicted molar refractivity (Wildman–Crippen MR) is 176 cm³/mol. The van der Waals surface area contributed by atoms with Crippen LogP contribution in [0.25, 0.3) is 0 Å². The number of thioether (sulfide) groups is 1. The van der Waals surface area contributed by atoms with Crippen LogP contribution in [0.1, 0.15) is 72.9 Å². The zero-order valence-corrected chi connectivity index (χ0v) is 27.4. The van der Waals surface area contributed by atoms with Crippen molar-refractivity contribution in [2.24, 2.45) is 11.3 Å². The molecule has 0 aliphatic carbocycles. The highest BCUT2D eigenvalue weighted by Gasteiger charge is 2.23. The molecule has 2 aromatic carbocycles. The molecule has 2 N–H and O–H groups in total. The molecule has 230 valence electrons. The molecule has 10 heteroatoms. The number of amides is 3. The molecular weight excluding hydrogens is 579 g/mol. The zero-order chi connectivity index (χ0) is 31.0. The normalized spacial score (nSPS) is 13.8.